The van der Waals surface area contributed by atoms with Crippen LogP contribution in [-0.4, -0.2) is 15.0 Å². The lowest BCUT2D eigenvalue weighted by molar-refractivity contribution is 0.649. The maximum absolute atomic E-state index is 5.89. The molecule has 5 heteroatoms. The summed E-state index contributed by atoms with van der Waals surface area (Å²) in [5, 5.41) is 9.46. The highest BCUT2D eigenvalue weighted by molar-refractivity contribution is 9.08. The van der Waals surface area contributed by atoms with Crippen LogP contribution >= 0.6 is 27.5 Å². The Morgan fingerprint density at radius 1 is 1.40 bits per heavy atom. The Kier molecular flexibility index (Phi) is 3.38. The van der Waals surface area contributed by atoms with E-state index in [9.17, 15) is 0 Å². The Bertz CT molecular complexity index is 455. The summed E-state index contributed by atoms with van der Waals surface area (Å²) in [5.74, 6) is 0. The van der Waals surface area contributed by atoms with E-state index in [2.05, 4.69) is 26.2 Å². The van der Waals surface area contributed by atoms with Crippen molar-refractivity contribution in [3.63, 3.8) is 0 Å². The van der Waals surface area contributed by atoms with Crippen molar-refractivity contribution >= 4 is 27.5 Å². The summed E-state index contributed by atoms with van der Waals surface area (Å²) in [5.41, 5.74) is 2.05. The average molecular weight is 287 g/mol. The fourth-order valence-electron chi connectivity index (χ4n) is 1.30. The van der Waals surface area contributed by atoms with Gasteiger partial charge in [0.15, 0.2) is 0 Å². The van der Waals surface area contributed by atoms with Crippen molar-refractivity contribution in [2.45, 2.75) is 11.9 Å². The molecule has 0 aliphatic carbocycles. The van der Waals surface area contributed by atoms with Crippen molar-refractivity contribution in [3.05, 3.63) is 46.7 Å². The minimum Gasteiger partial charge on any atom is -0.248 e. The van der Waals surface area contributed by atoms with Crippen molar-refractivity contribution < 1.29 is 0 Å². The molecule has 78 valence electrons. The third kappa shape index (κ3) is 2.79. The molecule has 0 atom stereocenters. The van der Waals surface area contributed by atoms with Gasteiger partial charge in [-0.1, -0.05) is 44.9 Å². The number of alkyl halides is 1. The molecule has 3 nitrogen and oxygen atoms in total. The van der Waals surface area contributed by atoms with Crippen LogP contribution in [0.25, 0.3) is 0 Å². The van der Waals surface area contributed by atoms with Crippen molar-refractivity contribution in [1.29, 1.82) is 0 Å². The van der Waals surface area contributed by atoms with Crippen molar-refractivity contribution in [2.75, 3.05) is 0 Å². The molecule has 0 aliphatic heterocycles. The third-order valence-electron chi connectivity index (χ3n) is 1.96. The molecule has 0 fully saturated rings. The minimum atomic E-state index is 0.695. The highest BCUT2D eigenvalue weighted by atomic mass is 79.9. The quantitative estimate of drug-likeness (QED) is 0.812. The first-order valence-corrected chi connectivity index (χ1v) is 5.97. The Morgan fingerprint density at radius 2 is 2.27 bits per heavy atom. The monoisotopic (exact) mass is 285 g/mol. The van der Waals surface area contributed by atoms with E-state index in [1.165, 1.54) is 0 Å². The summed E-state index contributed by atoms with van der Waals surface area (Å²) in [7, 11) is 0. The van der Waals surface area contributed by atoms with E-state index in [1.807, 2.05) is 30.5 Å². The summed E-state index contributed by atoms with van der Waals surface area (Å²) in [4.78, 5) is 0. The van der Waals surface area contributed by atoms with Gasteiger partial charge in [0, 0.05) is 16.5 Å². The van der Waals surface area contributed by atoms with Gasteiger partial charge in [0.05, 0.1) is 12.2 Å². The van der Waals surface area contributed by atoms with E-state index in [0.717, 1.165) is 21.6 Å². The van der Waals surface area contributed by atoms with Crippen LogP contribution in [0.2, 0.25) is 5.02 Å². The van der Waals surface area contributed by atoms with Gasteiger partial charge >= 0.3 is 0 Å². The van der Waals surface area contributed by atoms with Gasteiger partial charge in [-0.25, -0.2) is 4.68 Å². The van der Waals surface area contributed by atoms with Crippen LogP contribution in [0.4, 0.5) is 0 Å². The molecule has 0 spiro atoms. The summed E-state index contributed by atoms with van der Waals surface area (Å²) in [6.07, 6.45) is 1.91. The molecule has 0 amide bonds. The number of hydrogen-bond donors (Lipinski definition) is 0. The first kappa shape index (κ1) is 10.6. The predicted octanol–water partition coefficient (Wildman–Crippen LogP) is 2.87. The highest BCUT2D eigenvalue weighted by Crippen LogP contribution is 2.11. The van der Waals surface area contributed by atoms with E-state index in [1.54, 1.807) is 4.68 Å². The van der Waals surface area contributed by atoms with Crippen LogP contribution < -0.4 is 0 Å². The molecule has 15 heavy (non-hydrogen) atoms. The second kappa shape index (κ2) is 4.77. The SMILES string of the molecule is Clc1cccc(Cn2cc(CBr)nn2)c1. The molecule has 0 saturated heterocycles. The Labute approximate surface area is 101 Å². The zero-order valence-corrected chi connectivity index (χ0v) is 10.2. The van der Waals surface area contributed by atoms with Crippen LogP contribution in [0, 0.1) is 0 Å². The van der Waals surface area contributed by atoms with Crippen LogP contribution in [0.3, 0.4) is 0 Å². The molecule has 2 aromatic rings. The zero-order valence-electron chi connectivity index (χ0n) is 7.90. The van der Waals surface area contributed by atoms with E-state index < -0.39 is 0 Å². The van der Waals surface area contributed by atoms with Crippen molar-refractivity contribution in [2.24, 2.45) is 0 Å². The average Bonchev–Trinajstić information content (AvgIpc) is 2.65. The number of hydrogen-bond acceptors (Lipinski definition) is 2. The lowest BCUT2D eigenvalue weighted by atomic mass is 10.2. The van der Waals surface area contributed by atoms with Gasteiger partial charge in [-0.2, -0.15) is 0 Å². The maximum Gasteiger partial charge on any atom is 0.0932 e. The number of nitrogens with zero attached hydrogens (tertiary/aromatic N) is 3. The molecule has 0 N–H and O–H groups in total. The van der Waals surface area contributed by atoms with Gasteiger partial charge in [-0.05, 0) is 17.7 Å². The molecule has 0 bridgehead atoms. The molecule has 0 aliphatic rings. The molecule has 1 heterocycles. The minimum absolute atomic E-state index is 0.695. The first-order chi connectivity index (χ1) is 7.28. The standard InChI is InChI=1S/C10H9BrClN3/c11-5-10-7-15(14-13-10)6-8-2-1-3-9(12)4-8/h1-4,7H,5-6H2. The Balaban J connectivity index is 2.14. The summed E-state index contributed by atoms with van der Waals surface area (Å²) < 4.78 is 1.79. The molecule has 1 aromatic carbocycles. The number of aromatic nitrogens is 3. The van der Waals surface area contributed by atoms with Gasteiger partial charge in [0.25, 0.3) is 0 Å². The van der Waals surface area contributed by atoms with E-state index in [4.69, 9.17) is 11.6 Å². The van der Waals surface area contributed by atoms with Crippen LogP contribution in [0.5, 0.6) is 0 Å². The van der Waals surface area contributed by atoms with Gasteiger partial charge in [-0.3, -0.25) is 0 Å². The Hall–Kier alpha value is -0.870. The molecule has 0 unspecified atom stereocenters. The molecular formula is C10H9BrClN3. The Morgan fingerprint density at radius 3 is 2.93 bits per heavy atom. The lowest BCUT2D eigenvalue weighted by Crippen LogP contribution is -2.00. The number of halogens is 2. The highest BCUT2D eigenvalue weighted by Gasteiger charge is 2.00. The molecule has 0 saturated carbocycles. The summed E-state index contributed by atoms with van der Waals surface area (Å²) in [6, 6.07) is 7.73. The fraction of sp³-hybridized carbons (Fsp3) is 0.200. The van der Waals surface area contributed by atoms with Crippen LogP contribution in [0.1, 0.15) is 11.3 Å². The molecular weight excluding hydrogens is 277 g/mol. The van der Waals surface area contributed by atoms with E-state index in [0.29, 0.717) is 6.54 Å². The normalized spacial score (nSPS) is 10.5. The predicted molar refractivity (Wildman–Crippen MR) is 63.2 cm³/mol. The van der Waals surface area contributed by atoms with E-state index >= 15 is 0 Å². The van der Waals surface area contributed by atoms with Crippen LogP contribution in [-0.2, 0) is 11.9 Å². The third-order valence-corrected chi connectivity index (χ3v) is 2.77. The number of benzene rings is 1. The molecule has 0 radical (unpaired) electrons. The van der Waals surface area contributed by atoms with Crippen molar-refractivity contribution in [1.82, 2.24) is 15.0 Å². The smallest absolute Gasteiger partial charge is 0.0932 e. The second-order valence-corrected chi connectivity index (χ2v) is 4.17. The summed E-state index contributed by atoms with van der Waals surface area (Å²) in [6.45, 7) is 0.695. The molecule has 2 rings (SSSR count). The fourth-order valence-corrected chi connectivity index (χ4v) is 1.77. The van der Waals surface area contributed by atoms with Gasteiger partial charge < -0.3 is 0 Å². The van der Waals surface area contributed by atoms with Gasteiger partial charge in [0.1, 0.15) is 0 Å². The molecule has 1 aromatic heterocycles. The first-order valence-electron chi connectivity index (χ1n) is 4.47. The largest absolute Gasteiger partial charge is 0.248 e. The van der Waals surface area contributed by atoms with Gasteiger partial charge in [0.2, 0.25) is 0 Å². The summed E-state index contributed by atoms with van der Waals surface area (Å²) >= 11 is 9.22. The van der Waals surface area contributed by atoms with Gasteiger partial charge in [-0.15, -0.1) is 5.10 Å². The van der Waals surface area contributed by atoms with Crippen LogP contribution in [0.15, 0.2) is 30.5 Å². The van der Waals surface area contributed by atoms with E-state index in [-0.39, 0.29) is 0 Å². The second-order valence-electron chi connectivity index (χ2n) is 3.17. The van der Waals surface area contributed by atoms with Crippen molar-refractivity contribution in [3.8, 4) is 0 Å². The lowest BCUT2D eigenvalue weighted by Gasteiger charge is -2.00. The topological polar surface area (TPSA) is 30.7 Å². The number of rotatable bonds is 3. The zero-order chi connectivity index (χ0) is 10.7. The maximum atomic E-state index is 5.89.